The molecule has 1 aromatic heterocycles. The Labute approximate surface area is 164 Å². The fourth-order valence-electron chi connectivity index (χ4n) is 3.84. The largest absolute Gasteiger partial charge is 0.328 e. The Balaban J connectivity index is 1.68. The van der Waals surface area contributed by atoms with Crippen LogP contribution in [0.15, 0.2) is 42.5 Å². The predicted octanol–water partition coefficient (Wildman–Crippen LogP) is 5.32. The highest BCUT2D eigenvalue weighted by molar-refractivity contribution is 6.31. The Morgan fingerprint density at radius 3 is 2.81 bits per heavy atom. The summed E-state index contributed by atoms with van der Waals surface area (Å²) in [6.45, 7) is 5.75. The summed E-state index contributed by atoms with van der Waals surface area (Å²) >= 11 is 6.27. The number of amides is 1. The molecule has 140 valence electrons. The molecule has 1 amide bonds. The minimum Gasteiger partial charge on any atom is -0.328 e. The van der Waals surface area contributed by atoms with E-state index in [2.05, 4.69) is 29.7 Å². The van der Waals surface area contributed by atoms with Gasteiger partial charge in [0, 0.05) is 36.1 Å². The van der Waals surface area contributed by atoms with Crippen molar-refractivity contribution in [2.45, 2.75) is 45.6 Å². The minimum absolute atomic E-state index is 0.0989. The lowest BCUT2D eigenvalue weighted by molar-refractivity contribution is -0.117. The lowest BCUT2D eigenvalue weighted by Gasteiger charge is -2.18. The Morgan fingerprint density at radius 1 is 1.22 bits per heavy atom. The number of carbonyl (C=O) groups excluding carboxylic acids is 1. The number of aryl methyl sites for hydroxylation is 2. The molecule has 0 radical (unpaired) electrons. The quantitative estimate of drug-likeness (QED) is 0.600. The zero-order valence-corrected chi connectivity index (χ0v) is 16.5. The van der Waals surface area contributed by atoms with Crippen molar-refractivity contribution >= 4 is 34.2 Å². The second-order valence-electron chi connectivity index (χ2n) is 7.30. The highest BCUT2D eigenvalue weighted by Gasteiger charge is 2.34. The number of anilines is 1. The van der Waals surface area contributed by atoms with Gasteiger partial charge in [-0.1, -0.05) is 43.1 Å². The highest BCUT2D eigenvalue weighted by atomic mass is 35.5. The number of unbranched alkanes of at least 4 members (excludes halogenated alkanes) is 1. The van der Waals surface area contributed by atoms with Crippen LogP contribution in [-0.4, -0.2) is 22.0 Å². The number of rotatable bonds is 5. The Morgan fingerprint density at radius 2 is 2.04 bits per heavy atom. The normalized spacial score (nSPS) is 17.2. The fourth-order valence-corrected chi connectivity index (χ4v) is 4.01. The monoisotopic (exact) mass is 381 g/mol. The molecule has 0 N–H and O–H groups in total. The van der Waals surface area contributed by atoms with Gasteiger partial charge >= 0.3 is 0 Å². The van der Waals surface area contributed by atoms with Crippen LogP contribution in [0, 0.1) is 6.92 Å². The number of aromatic nitrogens is 2. The fraction of sp³-hybridized carbons (Fsp3) is 0.364. The molecule has 1 fully saturated rings. The van der Waals surface area contributed by atoms with Gasteiger partial charge in [0.25, 0.3) is 0 Å². The number of nitrogens with zero attached hydrogens (tertiary/aromatic N) is 3. The lowest BCUT2D eigenvalue weighted by Crippen LogP contribution is -2.24. The molecule has 1 saturated heterocycles. The van der Waals surface area contributed by atoms with E-state index in [1.807, 2.05) is 36.1 Å². The molecule has 1 aliphatic heterocycles. The minimum atomic E-state index is 0.0989. The van der Waals surface area contributed by atoms with Crippen LogP contribution < -0.4 is 4.90 Å². The molecule has 0 spiro atoms. The van der Waals surface area contributed by atoms with Gasteiger partial charge < -0.3 is 9.47 Å². The molecule has 4 nitrogen and oxygen atoms in total. The van der Waals surface area contributed by atoms with E-state index in [0.717, 1.165) is 47.5 Å². The maximum atomic E-state index is 12.7. The van der Waals surface area contributed by atoms with E-state index in [1.165, 1.54) is 0 Å². The topological polar surface area (TPSA) is 38.1 Å². The van der Waals surface area contributed by atoms with Gasteiger partial charge in [0.1, 0.15) is 5.82 Å². The Kier molecular flexibility index (Phi) is 4.92. The highest BCUT2D eigenvalue weighted by Crippen LogP contribution is 2.34. The Bertz CT molecular complexity index is 994. The number of halogens is 1. The van der Waals surface area contributed by atoms with Crippen LogP contribution in [0.25, 0.3) is 11.0 Å². The van der Waals surface area contributed by atoms with E-state index in [9.17, 15) is 4.79 Å². The van der Waals surface area contributed by atoms with Crippen molar-refractivity contribution in [3.05, 3.63) is 58.9 Å². The van der Waals surface area contributed by atoms with Crippen molar-refractivity contribution in [3.63, 3.8) is 0 Å². The van der Waals surface area contributed by atoms with Crippen LogP contribution in [0.4, 0.5) is 5.69 Å². The lowest BCUT2D eigenvalue weighted by atomic mass is 10.1. The number of carbonyl (C=O) groups is 1. The van der Waals surface area contributed by atoms with Crippen molar-refractivity contribution in [1.82, 2.24) is 9.55 Å². The smallest absolute Gasteiger partial charge is 0.227 e. The van der Waals surface area contributed by atoms with E-state index in [4.69, 9.17) is 16.6 Å². The third kappa shape index (κ3) is 3.34. The first-order chi connectivity index (χ1) is 13.1. The van der Waals surface area contributed by atoms with E-state index in [0.29, 0.717) is 18.0 Å². The molecule has 4 rings (SSSR count). The second kappa shape index (κ2) is 7.35. The van der Waals surface area contributed by atoms with Crippen molar-refractivity contribution in [3.8, 4) is 0 Å². The summed E-state index contributed by atoms with van der Waals surface area (Å²) in [5, 5.41) is 0.693. The molecule has 0 unspecified atom stereocenters. The van der Waals surface area contributed by atoms with Crippen LogP contribution >= 0.6 is 11.6 Å². The average Bonchev–Trinajstić information content (AvgIpc) is 3.23. The van der Waals surface area contributed by atoms with Gasteiger partial charge in [-0.15, -0.1) is 0 Å². The maximum Gasteiger partial charge on any atom is 0.227 e. The van der Waals surface area contributed by atoms with Crippen molar-refractivity contribution < 1.29 is 4.79 Å². The van der Waals surface area contributed by atoms with Crippen LogP contribution in [0.1, 0.15) is 43.5 Å². The van der Waals surface area contributed by atoms with Gasteiger partial charge in [0.2, 0.25) is 5.91 Å². The van der Waals surface area contributed by atoms with Crippen LogP contribution in [0.3, 0.4) is 0 Å². The summed E-state index contributed by atoms with van der Waals surface area (Å²) < 4.78 is 2.31. The predicted molar refractivity (Wildman–Crippen MR) is 111 cm³/mol. The molecule has 3 aromatic rings. The van der Waals surface area contributed by atoms with Gasteiger partial charge in [0.05, 0.1) is 11.0 Å². The van der Waals surface area contributed by atoms with E-state index in [1.54, 1.807) is 0 Å². The van der Waals surface area contributed by atoms with Gasteiger partial charge in [-0.05, 0) is 43.2 Å². The molecular formula is C22H24ClN3O. The number of imidazole rings is 1. The standard InChI is InChI=1S/C22H24ClN3O/c1-3-4-11-25-20-8-6-5-7-19(20)24-22(25)16-12-21(27)26(14-16)17-10-9-15(2)18(23)13-17/h5-10,13,16H,3-4,11-12,14H2,1-2H3/t16-/m1/s1. The average molecular weight is 382 g/mol. The van der Waals surface area contributed by atoms with Gasteiger partial charge in [-0.3, -0.25) is 4.79 Å². The first-order valence-corrected chi connectivity index (χ1v) is 9.98. The molecular weight excluding hydrogens is 358 g/mol. The molecule has 5 heteroatoms. The molecule has 0 bridgehead atoms. The molecule has 2 heterocycles. The van der Waals surface area contributed by atoms with Crippen LogP contribution in [-0.2, 0) is 11.3 Å². The summed E-state index contributed by atoms with van der Waals surface area (Å²) in [5.41, 5.74) is 4.05. The third-order valence-corrected chi connectivity index (χ3v) is 5.78. The zero-order valence-electron chi connectivity index (χ0n) is 15.8. The van der Waals surface area contributed by atoms with E-state index in [-0.39, 0.29) is 11.8 Å². The number of hydrogen-bond donors (Lipinski definition) is 0. The molecule has 0 saturated carbocycles. The first kappa shape index (κ1) is 18.1. The van der Waals surface area contributed by atoms with E-state index < -0.39 is 0 Å². The molecule has 0 aliphatic carbocycles. The summed E-state index contributed by atoms with van der Waals surface area (Å²) in [5.74, 6) is 1.26. The third-order valence-electron chi connectivity index (χ3n) is 5.38. The second-order valence-corrected chi connectivity index (χ2v) is 7.71. The zero-order chi connectivity index (χ0) is 19.0. The van der Waals surface area contributed by atoms with Crippen LogP contribution in [0.2, 0.25) is 5.02 Å². The molecule has 2 aromatic carbocycles. The number of para-hydroxylation sites is 2. The van der Waals surface area contributed by atoms with Crippen LogP contribution in [0.5, 0.6) is 0 Å². The Hall–Kier alpha value is -2.33. The molecule has 1 atom stereocenters. The summed E-state index contributed by atoms with van der Waals surface area (Å²) in [6, 6.07) is 14.1. The molecule has 1 aliphatic rings. The van der Waals surface area contributed by atoms with Crippen molar-refractivity contribution in [2.24, 2.45) is 0 Å². The van der Waals surface area contributed by atoms with E-state index >= 15 is 0 Å². The number of benzene rings is 2. The molecule has 27 heavy (non-hydrogen) atoms. The number of fused-ring (bicyclic) bond motifs is 1. The first-order valence-electron chi connectivity index (χ1n) is 9.60. The van der Waals surface area contributed by atoms with Crippen molar-refractivity contribution in [2.75, 3.05) is 11.4 Å². The maximum absolute atomic E-state index is 12.7. The SMILES string of the molecule is CCCCn1c([C@@H]2CC(=O)N(c3ccc(C)c(Cl)c3)C2)nc2ccccc21. The summed E-state index contributed by atoms with van der Waals surface area (Å²) in [7, 11) is 0. The summed E-state index contributed by atoms with van der Waals surface area (Å²) in [6.07, 6.45) is 2.72. The van der Waals surface area contributed by atoms with Gasteiger partial charge in [-0.2, -0.15) is 0 Å². The van der Waals surface area contributed by atoms with Crippen molar-refractivity contribution in [1.29, 1.82) is 0 Å². The van der Waals surface area contributed by atoms with Gasteiger partial charge in [0.15, 0.2) is 0 Å². The van der Waals surface area contributed by atoms with Gasteiger partial charge in [-0.25, -0.2) is 4.98 Å². The number of hydrogen-bond acceptors (Lipinski definition) is 2. The summed E-state index contributed by atoms with van der Waals surface area (Å²) in [4.78, 5) is 19.5.